The summed E-state index contributed by atoms with van der Waals surface area (Å²) in [5, 5.41) is 13.1. The third-order valence-electron chi connectivity index (χ3n) is 5.78. The molecule has 2 aromatic rings. The predicted molar refractivity (Wildman–Crippen MR) is 102 cm³/mol. The summed E-state index contributed by atoms with van der Waals surface area (Å²) in [6.07, 6.45) is 0.745. The summed E-state index contributed by atoms with van der Waals surface area (Å²) in [6.45, 7) is 5.13. The third-order valence-corrected chi connectivity index (χ3v) is 5.78. The lowest BCUT2D eigenvalue weighted by atomic mass is 10.1. The molecule has 0 aromatic heterocycles. The van der Waals surface area contributed by atoms with Crippen molar-refractivity contribution < 1.29 is 14.7 Å². The lowest BCUT2D eigenvalue weighted by molar-refractivity contribution is 0.112. The van der Waals surface area contributed by atoms with Crippen LogP contribution < -0.4 is 9.47 Å². The highest BCUT2D eigenvalue weighted by Crippen LogP contribution is 2.35. The Morgan fingerprint density at radius 3 is 2.67 bits per heavy atom. The molecule has 0 radical (unpaired) electrons. The van der Waals surface area contributed by atoms with Crippen LogP contribution in [-0.2, 0) is 13.0 Å². The summed E-state index contributed by atoms with van der Waals surface area (Å²) >= 11 is 0. The molecule has 6 nitrogen and oxygen atoms in total. The molecule has 140 valence electrons. The van der Waals surface area contributed by atoms with E-state index in [0.29, 0.717) is 6.79 Å². The van der Waals surface area contributed by atoms with E-state index >= 15 is 0 Å². The minimum absolute atomic E-state index is 0.110. The number of piperazine rings is 1. The normalized spacial score (nSPS) is 23.7. The average molecular weight is 365 g/mol. The van der Waals surface area contributed by atoms with Crippen LogP contribution in [0.2, 0.25) is 0 Å². The molecule has 0 bridgehead atoms. The molecule has 6 heteroatoms. The number of hydrogen-bond acceptors (Lipinski definition) is 6. The highest BCUT2D eigenvalue weighted by Gasteiger charge is 2.35. The third kappa shape index (κ3) is 3.05. The van der Waals surface area contributed by atoms with Gasteiger partial charge in [-0.3, -0.25) is 9.80 Å². The zero-order valence-electron chi connectivity index (χ0n) is 15.2. The van der Waals surface area contributed by atoms with Crippen molar-refractivity contribution in [3.05, 3.63) is 59.2 Å². The fraction of sp³-hybridized carbons (Fsp3) is 0.381. The van der Waals surface area contributed by atoms with E-state index < -0.39 is 0 Å². The molecule has 5 rings (SSSR count). The molecule has 0 saturated carbocycles. The van der Waals surface area contributed by atoms with Crippen LogP contribution in [0, 0.1) is 0 Å². The molecule has 1 unspecified atom stereocenters. The summed E-state index contributed by atoms with van der Waals surface area (Å²) in [5.41, 5.74) is 4.67. The fourth-order valence-electron chi connectivity index (χ4n) is 4.41. The van der Waals surface area contributed by atoms with Crippen molar-refractivity contribution in [2.75, 3.05) is 33.0 Å². The Bertz CT molecular complexity index is 875. The SMILES string of the molecule is ON=C1Cc2ccccc2C1N1CCN(Cc2ccc3c(c2)OCO3)CC1. The Morgan fingerprint density at radius 2 is 1.81 bits per heavy atom. The molecule has 0 spiro atoms. The van der Waals surface area contributed by atoms with Gasteiger partial charge in [0.15, 0.2) is 11.5 Å². The number of nitrogens with zero attached hydrogens (tertiary/aromatic N) is 3. The highest BCUT2D eigenvalue weighted by molar-refractivity contribution is 5.96. The first-order valence-corrected chi connectivity index (χ1v) is 9.45. The standard InChI is InChI=1S/C21H23N3O3/c25-22-18-12-16-3-1-2-4-17(16)21(18)24-9-7-23(8-10-24)13-15-5-6-19-20(11-15)27-14-26-19/h1-6,11,21,25H,7-10,12-14H2. The Labute approximate surface area is 158 Å². The summed E-state index contributed by atoms with van der Waals surface area (Å²) < 4.78 is 10.9. The monoisotopic (exact) mass is 365 g/mol. The van der Waals surface area contributed by atoms with Gasteiger partial charge in [0.25, 0.3) is 0 Å². The second-order valence-corrected chi connectivity index (χ2v) is 7.37. The Balaban J connectivity index is 1.25. The largest absolute Gasteiger partial charge is 0.454 e. The van der Waals surface area contributed by atoms with Crippen LogP contribution in [0.15, 0.2) is 47.6 Å². The van der Waals surface area contributed by atoms with E-state index in [9.17, 15) is 5.21 Å². The van der Waals surface area contributed by atoms with Crippen molar-refractivity contribution in [2.24, 2.45) is 5.16 Å². The van der Waals surface area contributed by atoms with Crippen LogP contribution >= 0.6 is 0 Å². The van der Waals surface area contributed by atoms with Gasteiger partial charge in [0.05, 0.1) is 11.8 Å². The minimum Gasteiger partial charge on any atom is -0.454 e. The predicted octanol–water partition coefficient (Wildman–Crippen LogP) is 2.66. The molecular formula is C21H23N3O3. The number of fused-ring (bicyclic) bond motifs is 2. The second-order valence-electron chi connectivity index (χ2n) is 7.37. The smallest absolute Gasteiger partial charge is 0.231 e. The van der Waals surface area contributed by atoms with E-state index in [1.165, 1.54) is 16.7 Å². The number of oxime groups is 1. The van der Waals surface area contributed by atoms with Crippen LogP contribution in [-0.4, -0.2) is 53.7 Å². The van der Waals surface area contributed by atoms with Gasteiger partial charge in [-0.05, 0) is 28.8 Å². The van der Waals surface area contributed by atoms with Crippen LogP contribution in [0.4, 0.5) is 0 Å². The van der Waals surface area contributed by atoms with E-state index in [1.54, 1.807) is 0 Å². The van der Waals surface area contributed by atoms with Crippen molar-refractivity contribution >= 4 is 5.71 Å². The van der Waals surface area contributed by atoms with Gasteiger partial charge in [0.2, 0.25) is 6.79 Å². The summed E-state index contributed by atoms with van der Waals surface area (Å²) in [7, 11) is 0. The van der Waals surface area contributed by atoms with Gasteiger partial charge < -0.3 is 14.7 Å². The van der Waals surface area contributed by atoms with E-state index in [0.717, 1.165) is 56.4 Å². The van der Waals surface area contributed by atoms with E-state index in [2.05, 4.69) is 51.4 Å². The summed E-state index contributed by atoms with van der Waals surface area (Å²) in [5.74, 6) is 1.68. The van der Waals surface area contributed by atoms with Crippen molar-refractivity contribution in [2.45, 2.75) is 19.0 Å². The van der Waals surface area contributed by atoms with Crippen LogP contribution in [0.1, 0.15) is 22.7 Å². The number of benzene rings is 2. The molecule has 3 aliphatic rings. The molecule has 2 aliphatic heterocycles. The van der Waals surface area contributed by atoms with Gasteiger partial charge in [-0.2, -0.15) is 0 Å². The number of hydrogen-bond donors (Lipinski definition) is 1. The first-order valence-electron chi connectivity index (χ1n) is 9.45. The molecule has 1 atom stereocenters. The zero-order valence-corrected chi connectivity index (χ0v) is 15.2. The summed E-state index contributed by atoms with van der Waals surface area (Å²) in [6, 6.07) is 14.7. The molecule has 27 heavy (non-hydrogen) atoms. The van der Waals surface area contributed by atoms with Gasteiger partial charge in [-0.1, -0.05) is 35.5 Å². The van der Waals surface area contributed by atoms with Crippen molar-refractivity contribution in [1.82, 2.24) is 9.80 Å². The second kappa shape index (κ2) is 6.87. The maximum Gasteiger partial charge on any atom is 0.231 e. The fourth-order valence-corrected chi connectivity index (χ4v) is 4.41. The molecule has 2 heterocycles. The average Bonchev–Trinajstić information content (AvgIpc) is 3.32. The van der Waals surface area contributed by atoms with Crippen molar-refractivity contribution in [3.63, 3.8) is 0 Å². The van der Waals surface area contributed by atoms with E-state index in [4.69, 9.17) is 9.47 Å². The van der Waals surface area contributed by atoms with Gasteiger partial charge in [-0.15, -0.1) is 0 Å². The van der Waals surface area contributed by atoms with E-state index in [1.807, 2.05) is 6.07 Å². The maximum atomic E-state index is 9.49. The molecule has 0 amide bonds. The topological polar surface area (TPSA) is 57.5 Å². The zero-order chi connectivity index (χ0) is 18.2. The quantitative estimate of drug-likeness (QED) is 0.669. The molecule has 1 saturated heterocycles. The lowest BCUT2D eigenvalue weighted by Gasteiger charge is -2.38. The minimum atomic E-state index is 0.110. The Morgan fingerprint density at radius 1 is 1.00 bits per heavy atom. The van der Waals surface area contributed by atoms with Crippen LogP contribution in [0.25, 0.3) is 0 Å². The Kier molecular flexibility index (Phi) is 4.22. The number of ether oxygens (including phenoxy) is 2. The molecule has 1 aliphatic carbocycles. The lowest BCUT2D eigenvalue weighted by Crippen LogP contribution is -2.48. The highest BCUT2D eigenvalue weighted by atomic mass is 16.7. The molecule has 1 N–H and O–H groups in total. The van der Waals surface area contributed by atoms with Gasteiger partial charge in [-0.25, -0.2) is 0 Å². The number of rotatable bonds is 3. The van der Waals surface area contributed by atoms with Crippen LogP contribution in [0.5, 0.6) is 11.5 Å². The van der Waals surface area contributed by atoms with Gasteiger partial charge >= 0.3 is 0 Å². The van der Waals surface area contributed by atoms with Gasteiger partial charge in [0.1, 0.15) is 0 Å². The first-order chi connectivity index (χ1) is 13.3. The molecule has 1 fully saturated rings. The van der Waals surface area contributed by atoms with Crippen molar-refractivity contribution in [3.8, 4) is 11.5 Å². The Hall–Kier alpha value is -2.57. The maximum absolute atomic E-state index is 9.49. The van der Waals surface area contributed by atoms with Crippen molar-refractivity contribution in [1.29, 1.82) is 0 Å². The molecule has 2 aromatic carbocycles. The van der Waals surface area contributed by atoms with Gasteiger partial charge in [0, 0.05) is 39.1 Å². The first kappa shape index (κ1) is 16.6. The molecular weight excluding hydrogens is 342 g/mol. The van der Waals surface area contributed by atoms with Crippen LogP contribution in [0.3, 0.4) is 0 Å². The summed E-state index contributed by atoms with van der Waals surface area (Å²) in [4.78, 5) is 4.90. The van der Waals surface area contributed by atoms with E-state index in [-0.39, 0.29) is 6.04 Å².